The van der Waals surface area contributed by atoms with E-state index in [1.54, 1.807) is 55.6 Å². The number of methoxy groups -OCH3 is 1. The molecule has 0 N–H and O–H groups in total. The normalized spacial score (nSPS) is 19.8. The van der Waals surface area contributed by atoms with Crippen LogP contribution in [0.2, 0.25) is 18.1 Å². The molecule has 1 fully saturated rings. The van der Waals surface area contributed by atoms with E-state index in [-0.39, 0.29) is 17.0 Å². The van der Waals surface area contributed by atoms with Crippen LogP contribution in [0.5, 0.6) is 5.75 Å². The molecule has 1 unspecified atom stereocenters. The summed E-state index contributed by atoms with van der Waals surface area (Å²) in [5.74, 6) is -0.469. The number of rotatable bonds is 7. The summed E-state index contributed by atoms with van der Waals surface area (Å²) in [6.45, 7) is 12.7. The number of hydrogen-bond acceptors (Lipinski definition) is 5. The van der Waals surface area contributed by atoms with E-state index in [1.165, 1.54) is 4.90 Å². The first kappa shape index (κ1) is 24.0. The van der Waals surface area contributed by atoms with Crippen molar-refractivity contribution in [3.05, 3.63) is 60.2 Å². The number of carbonyl (C=O) groups is 2. The van der Waals surface area contributed by atoms with Gasteiger partial charge in [-0.3, -0.25) is 9.69 Å². The van der Waals surface area contributed by atoms with E-state index >= 15 is 0 Å². The van der Waals surface area contributed by atoms with Gasteiger partial charge in [0.15, 0.2) is 14.5 Å². The molecule has 0 spiro atoms. The van der Waals surface area contributed by atoms with Gasteiger partial charge in [0.1, 0.15) is 11.7 Å². The average molecular weight is 456 g/mol. The molecule has 0 bridgehead atoms. The molecule has 7 heteroatoms. The summed E-state index contributed by atoms with van der Waals surface area (Å²) in [5.41, 5.74) is 1.09. The summed E-state index contributed by atoms with van der Waals surface area (Å²) in [6, 6.07) is 15.9. The number of benzene rings is 2. The Morgan fingerprint density at radius 1 is 1.03 bits per heavy atom. The molecule has 0 aliphatic carbocycles. The van der Waals surface area contributed by atoms with E-state index in [9.17, 15) is 9.59 Å². The average Bonchev–Trinajstić information content (AvgIpc) is 2.73. The molecule has 3 rings (SSSR count). The summed E-state index contributed by atoms with van der Waals surface area (Å²) in [5, 5.41) is -0.0000622. The van der Waals surface area contributed by atoms with Gasteiger partial charge in [0.25, 0.3) is 0 Å². The third-order valence-electron chi connectivity index (χ3n) is 6.46. The molecule has 6 nitrogen and oxygen atoms in total. The number of hydrogen-bond donors (Lipinski definition) is 0. The van der Waals surface area contributed by atoms with Gasteiger partial charge in [-0.05, 0) is 61.5 Å². The van der Waals surface area contributed by atoms with Crippen LogP contribution in [0, 0.1) is 5.92 Å². The lowest BCUT2D eigenvalue weighted by molar-refractivity contribution is -0.146. The minimum Gasteiger partial charge on any atom is -0.497 e. The Balaban J connectivity index is 1.87. The highest BCUT2D eigenvalue weighted by Crippen LogP contribution is 2.42. The Morgan fingerprint density at radius 3 is 2.16 bits per heavy atom. The zero-order valence-corrected chi connectivity index (χ0v) is 20.9. The SMILES string of the molecule is COc1ccc(N2C(=O)[C@H](C(C)O[Si](C)(C)C(C)(C)C)[C@H]2OC(=O)c2ccccc2)cc1. The zero-order chi connectivity index (χ0) is 23.7. The van der Waals surface area contributed by atoms with E-state index in [1.807, 2.05) is 13.0 Å². The highest BCUT2D eigenvalue weighted by Gasteiger charge is 2.55. The molecule has 1 aliphatic rings. The summed E-state index contributed by atoms with van der Waals surface area (Å²) >= 11 is 0. The molecule has 0 saturated carbocycles. The summed E-state index contributed by atoms with van der Waals surface area (Å²) in [4.78, 5) is 27.6. The second-order valence-corrected chi connectivity index (χ2v) is 14.4. The van der Waals surface area contributed by atoms with Crippen molar-refractivity contribution in [2.24, 2.45) is 5.92 Å². The van der Waals surface area contributed by atoms with Gasteiger partial charge < -0.3 is 13.9 Å². The van der Waals surface area contributed by atoms with Crippen molar-refractivity contribution < 1.29 is 23.5 Å². The molecule has 1 amide bonds. The summed E-state index contributed by atoms with van der Waals surface area (Å²) in [7, 11) is -0.530. The number of ether oxygens (including phenoxy) is 2. The number of esters is 1. The molecule has 0 aromatic heterocycles. The highest BCUT2D eigenvalue weighted by molar-refractivity contribution is 6.74. The Kier molecular flexibility index (Phi) is 6.81. The van der Waals surface area contributed by atoms with Crippen molar-refractivity contribution in [1.82, 2.24) is 0 Å². The lowest BCUT2D eigenvalue weighted by Crippen LogP contribution is -2.67. The van der Waals surface area contributed by atoms with E-state index in [0.29, 0.717) is 17.0 Å². The Bertz CT molecular complexity index is 953. The molecular weight excluding hydrogens is 422 g/mol. The number of nitrogens with zero attached hydrogens (tertiary/aromatic N) is 1. The van der Waals surface area contributed by atoms with Crippen LogP contribution in [0.15, 0.2) is 54.6 Å². The molecule has 0 radical (unpaired) electrons. The third-order valence-corrected chi connectivity index (χ3v) is 11.0. The van der Waals surface area contributed by atoms with Crippen LogP contribution in [0.25, 0.3) is 0 Å². The van der Waals surface area contributed by atoms with Crippen LogP contribution < -0.4 is 9.64 Å². The predicted octanol–water partition coefficient (Wildman–Crippen LogP) is 5.25. The fraction of sp³-hybridized carbons (Fsp3) is 0.440. The van der Waals surface area contributed by atoms with Crippen LogP contribution in [0.3, 0.4) is 0 Å². The van der Waals surface area contributed by atoms with Crippen molar-refractivity contribution in [1.29, 1.82) is 0 Å². The van der Waals surface area contributed by atoms with Crippen LogP contribution in [0.1, 0.15) is 38.1 Å². The maximum atomic E-state index is 13.3. The van der Waals surface area contributed by atoms with Gasteiger partial charge >= 0.3 is 5.97 Å². The first-order valence-electron chi connectivity index (χ1n) is 10.9. The van der Waals surface area contributed by atoms with Crippen molar-refractivity contribution in [2.75, 3.05) is 12.0 Å². The summed E-state index contributed by atoms with van der Waals surface area (Å²) < 4.78 is 17.6. The van der Waals surface area contributed by atoms with E-state index in [4.69, 9.17) is 13.9 Å². The van der Waals surface area contributed by atoms with Gasteiger partial charge in [0.2, 0.25) is 5.91 Å². The molecule has 2 aromatic carbocycles. The molecular formula is C25H33NO5Si. The first-order valence-corrected chi connectivity index (χ1v) is 13.8. The van der Waals surface area contributed by atoms with Gasteiger partial charge in [0.05, 0.1) is 18.8 Å². The second kappa shape index (κ2) is 9.08. The zero-order valence-electron chi connectivity index (χ0n) is 19.9. The molecule has 32 heavy (non-hydrogen) atoms. The van der Waals surface area contributed by atoms with Gasteiger partial charge in [-0.1, -0.05) is 39.0 Å². The lowest BCUT2D eigenvalue weighted by atomic mass is 9.89. The van der Waals surface area contributed by atoms with Crippen LogP contribution >= 0.6 is 0 Å². The molecule has 172 valence electrons. The molecule has 1 heterocycles. The summed E-state index contributed by atoms with van der Waals surface area (Å²) in [6.07, 6.45) is -1.13. The second-order valence-electron chi connectivity index (χ2n) is 9.68. The Labute approximate surface area is 191 Å². The smallest absolute Gasteiger partial charge is 0.340 e. The van der Waals surface area contributed by atoms with E-state index in [2.05, 4.69) is 33.9 Å². The van der Waals surface area contributed by atoms with Gasteiger partial charge in [-0.2, -0.15) is 0 Å². The maximum Gasteiger partial charge on any atom is 0.340 e. The molecule has 1 aliphatic heterocycles. The van der Waals surface area contributed by atoms with Gasteiger partial charge in [-0.15, -0.1) is 0 Å². The highest BCUT2D eigenvalue weighted by atomic mass is 28.4. The minimum atomic E-state index is -2.12. The maximum absolute atomic E-state index is 13.3. The van der Waals surface area contributed by atoms with Gasteiger partial charge in [-0.25, -0.2) is 4.79 Å². The fourth-order valence-corrected chi connectivity index (χ4v) is 4.96. The minimum absolute atomic E-state index is 0.0000622. The predicted molar refractivity (Wildman–Crippen MR) is 127 cm³/mol. The van der Waals surface area contributed by atoms with Crippen molar-refractivity contribution >= 4 is 25.9 Å². The molecule has 2 aromatic rings. The number of carbonyl (C=O) groups excluding carboxylic acids is 2. The van der Waals surface area contributed by atoms with Crippen molar-refractivity contribution in [2.45, 2.75) is 58.2 Å². The van der Waals surface area contributed by atoms with Crippen molar-refractivity contribution in [3.8, 4) is 5.75 Å². The molecule has 3 atom stereocenters. The number of β-lactam (4-membered cyclic amide) rings is 1. The standard InChI is InChI=1S/C25H33NO5Si/c1-17(31-32(6,7)25(2,3)4)21-22(27)26(19-13-15-20(29-5)16-14-19)23(21)30-24(28)18-11-9-8-10-12-18/h8-17,21,23H,1-7H3/t17?,21-,23+/m0/s1. The molecule has 1 saturated heterocycles. The van der Waals surface area contributed by atoms with Gasteiger partial charge in [0, 0.05) is 5.69 Å². The quantitative estimate of drug-likeness (QED) is 0.324. The van der Waals surface area contributed by atoms with E-state index < -0.39 is 26.4 Å². The van der Waals surface area contributed by atoms with Crippen molar-refractivity contribution in [3.63, 3.8) is 0 Å². The monoisotopic (exact) mass is 455 g/mol. The number of amides is 1. The van der Waals surface area contributed by atoms with E-state index in [0.717, 1.165) is 0 Å². The lowest BCUT2D eigenvalue weighted by Gasteiger charge is -2.50. The Morgan fingerprint density at radius 2 is 1.62 bits per heavy atom. The van der Waals surface area contributed by atoms with Crippen LogP contribution in [0.4, 0.5) is 5.69 Å². The topological polar surface area (TPSA) is 65.1 Å². The third kappa shape index (κ3) is 4.73. The van der Waals surface area contributed by atoms with Crippen LogP contribution in [-0.4, -0.2) is 39.6 Å². The fourth-order valence-electron chi connectivity index (χ4n) is 3.53. The first-order chi connectivity index (χ1) is 15.0. The number of anilines is 1. The Hall–Kier alpha value is -2.64. The largest absolute Gasteiger partial charge is 0.497 e. The van der Waals surface area contributed by atoms with Crippen LogP contribution in [-0.2, 0) is 14.0 Å².